The number of thioether (sulfide) groups is 1. The zero-order valence-electron chi connectivity index (χ0n) is 9.72. The molecule has 0 aliphatic carbocycles. The van der Waals surface area contributed by atoms with E-state index in [-0.39, 0.29) is 0 Å². The van der Waals surface area contributed by atoms with Crippen LogP contribution in [0.2, 0.25) is 5.02 Å². The molecule has 0 amide bonds. The third-order valence-corrected chi connectivity index (χ3v) is 5.50. The molecule has 2 aromatic rings. The van der Waals surface area contributed by atoms with Crippen LogP contribution in [0.4, 0.5) is 0 Å². The summed E-state index contributed by atoms with van der Waals surface area (Å²) in [4.78, 5) is 1.15. The standard InChI is InChI=1S/C11H12ClN3S3/c1-16-10-14-15-11(18-10)17-9-3-2-8(12)6-7(9)4-5-13/h2-3,6H,4-5,13H2,1H3. The minimum Gasteiger partial charge on any atom is -0.330 e. The first-order valence-corrected chi connectivity index (χ1v) is 8.50. The lowest BCUT2D eigenvalue weighted by Gasteiger charge is -2.06. The summed E-state index contributed by atoms with van der Waals surface area (Å²) in [5.41, 5.74) is 6.78. The molecular weight excluding hydrogens is 306 g/mol. The van der Waals surface area contributed by atoms with Crippen molar-refractivity contribution in [2.24, 2.45) is 5.73 Å². The van der Waals surface area contributed by atoms with Crippen molar-refractivity contribution < 1.29 is 0 Å². The summed E-state index contributed by atoms with van der Waals surface area (Å²) in [7, 11) is 0. The topological polar surface area (TPSA) is 51.8 Å². The molecule has 0 fully saturated rings. The number of aromatic nitrogens is 2. The number of halogens is 1. The molecular formula is C11H12ClN3S3. The van der Waals surface area contributed by atoms with E-state index in [1.54, 1.807) is 34.9 Å². The molecule has 0 saturated heterocycles. The van der Waals surface area contributed by atoms with Crippen LogP contribution in [0, 0.1) is 0 Å². The number of rotatable bonds is 5. The normalized spacial score (nSPS) is 10.8. The van der Waals surface area contributed by atoms with E-state index in [1.807, 2.05) is 24.5 Å². The number of nitrogens with two attached hydrogens (primary N) is 1. The van der Waals surface area contributed by atoms with Gasteiger partial charge in [0.05, 0.1) is 0 Å². The molecule has 7 heteroatoms. The molecule has 0 unspecified atom stereocenters. The van der Waals surface area contributed by atoms with Crippen molar-refractivity contribution in [3.05, 3.63) is 28.8 Å². The third-order valence-electron chi connectivity index (χ3n) is 2.20. The Morgan fingerprint density at radius 2 is 2.11 bits per heavy atom. The summed E-state index contributed by atoms with van der Waals surface area (Å²) < 4.78 is 1.92. The van der Waals surface area contributed by atoms with Gasteiger partial charge in [-0.25, -0.2) is 0 Å². The van der Waals surface area contributed by atoms with Gasteiger partial charge in [0.1, 0.15) is 0 Å². The van der Waals surface area contributed by atoms with Crippen LogP contribution in [0.25, 0.3) is 0 Å². The average Bonchev–Trinajstić information content (AvgIpc) is 2.81. The first kappa shape index (κ1) is 14.1. The zero-order chi connectivity index (χ0) is 13.0. The summed E-state index contributed by atoms with van der Waals surface area (Å²) in [6.07, 6.45) is 2.81. The summed E-state index contributed by atoms with van der Waals surface area (Å²) in [6, 6.07) is 5.87. The van der Waals surface area contributed by atoms with E-state index in [0.717, 1.165) is 30.6 Å². The van der Waals surface area contributed by atoms with Crippen LogP contribution in [-0.2, 0) is 6.42 Å². The fourth-order valence-electron chi connectivity index (χ4n) is 1.41. The molecule has 3 nitrogen and oxygen atoms in total. The lowest BCUT2D eigenvalue weighted by molar-refractivity contribution is 0.938. The molecule has 1 heterocycles. The number of hydrogen-bond acceptors (Lipinski definition) is 6. The van der Waals surface area contributed by atoms with E-state index in [1.165, 1.54) is 0 Å². The smallest absolute Gasteiger partial charge is 0.179 e. The Morgan fingerprint density at radius 3 is 2.78 bits per heavy atom. The second-order valence-electron chi connectivity index (χ2n) is 3.43. The maximum absolute atomic E-state index is 6.00. The van der Waals surface area contributed by atoms with Gasteiger partial charge >= 0.3 is 0 Å². The van der Waals surface area contributed by atoms with Gasteiger partial charge in [-0.1, -0.05) is 46.5 Å². The summed E-state index contributed by atoms with van der Waals surface area (Å²) in [5, 5.41) is 8.98. The Hall–Kier alpha value is -0.270. The predicted molar refractivity (Wildman–Crippen MR) is 80.0 cm³/mol. The highest BCUT2D eigenvalue weighted by atomic mass is 35.5. The van der Waals surface area contributed by atoms with E-state index in [2.05, 4.69) is 10.2 Å². The molecule has 0 radical (unpaired) electrons. The Morgan fingerprint density at radius 1 is 1.33 bits per heavy atom. The lowest BCUT2D eigenvalue weighted by Crippen LogP contribution is -2.03. The minimum absolute atomic E-state index is 0.611. The van der Waals surface area contributed by atoms with Crippen molar-refractivity contribution in [1.82, 2.24) is 10.2 Å². The van der Waals surface area contributed by atoms with Gasteiger partial charge in [0.15, 0.2) is 8.68 Å². The second kappa shape index (κ2) is 6.77. The van der Waals surface area contributed by atoms with Crippen molar-refractivity contribution in [1.29, 1.82) is 0 Å². The molecule has 1 aromatic carbocycles. The highest BCUT2D eigenvalue weighted by Gasteiger charge is 2.09. The van der Waals surface area contributed by atoms with Gasteiger partial charge in [-0.3, -0.25) is 0 Å². The van der Waals surface area contributed by atoms with Crippen molar-refractivity contribution in [2.75, 3.05) is 12.8 Å². The van der Waals surface area contributed by atoms with E-state index in [0.29, 0.717) is 6.54 Å². The second-order valence-corrected chi connectivity index (χ2v) is 7.19. The number of nitrogens with zero attached hydrogens (tertiary/aromatic N) is 2. The monoisotopic (exact) mass is 317 g/mol. The Balaban J connectivity index is 2.22. The van der Waals surface area contributed by atoms with Gasteiger partial charge in [0.2, 0.25) is 0 Å². The maximum atomic E-state index is 6.00. The number of benzene rings is 1. The minimum atomic E-state index is 0.611. The van der Waals surface area contributed by atoms with Gasteiger partial charge < -0.3 is 5.73 Å². The van der Waals surface area contributed by atoms with Crippen LogP contribution >= 0.6 is 46.5 Å². The van der Waals surface area contributed by atoms with Crippen LogP contribution in [0.15, 0.2) is 31.8 Å². The van der Waals surface area contributed by atoms with E-state index < -0.39 is 0 Å². The van der Waals surface area contributed by atoms with Gasteiger partial charge in [-0.15, -0.1) is 10.2 Å². The van der Waals surface area contributed by atoms with E-state index >= 15 is 0 Å². The molecule has 18 heavy (non-hydrogen) atoms. The predicted octanol–water partition coefficient (Wildman–Crippen LogP) is 3.57. The quantitative estimate of drug-likeness (QED) is 0.854. The van der Waals surface area contributed by atoms with E-state index in [4.69, 9.17) is 17.3 Å². The van der Waals surface area contributed by atoms with Gasteiger partial charge in [0, 0.05) is 9.92 Å². The summed E-state index contributed by atoms with van der Waals surface area (Å²) >= 11 is 10.8. The maximum Gasteiger partial charge on any atom is 0.179 e. The lowest BCUT2D eigenvalue weighted by atomic mass is 10.1. The molecule has 96 valence electrons. The third kappa shape index (κ3) is 3.61. The summed E-state index contributed by atoms with van der Waals surface area (Å²) in [5.74, 6) is 0. The Labute approximate surface area is 124 Å². The highest BCUT2D eigenvalue weighted by molar-refractivity contribution is 8.03. The van der Waals surface area contributed by atoms with Crippen molar-refractivity contribution >= 4 is 46.5 Å². The molecule has 0 aliphatic rings. The number of hydrogen-bond donors (Lipinski definition) is 1. The van der Waals surface area contributed by atoms with Crippen LogP contribution in [0.1, 0.15) is 5.56 Å². The average molecular weight is 318 g/mol. The largest absolute Gasteiger partial charge is 0.330 e. The molecule has 0 aliphatic heterocycles. The highest BCUT2D eigenvalue weighted by Crippen LogP contribution is 2.35. The fourth-order valence-corrected chi connectivity index (χ4v) is 4.14. The molecule has 0 atom stereocenters. The summed E-state index contributed by atoms with van der Waals surface area (Å²) in [6.45, 7) is 0.611. The van der Waals surface area contributed by atoms with Crippen LogP contribution in [-0.4, -0.2) is 23.0 Å². The molecule has 2 rings (SSSR count). The molecule has 0 bridgehead atoms. The molecule has 2 N–H and O–H groups in total. The van der Waals surface area contributed by atoms with Gasteiger partial charge in [-0.05, 0) is 43.0 Å². The van der Waals surface area contributed by atoms with Crippen molar-refractivity contribution in [3.63, 3.8) is 0 Å². The Kier molecular flexibility index (Phi) is 5.32. The van der Waals surface area contributed by atoms with Gasteiger partial charge in [-0.2, -0.15) is 0 Å². The molecule has 1 aromatic heterocycles. The van der Waals surface area contributed by atoms with E-state index in [9.17, 15) is 0 Å². The first-order valence-electron chi connectivity index (χ1n) is 5.26. The molecule has 0 spiro atoms. The van der Waals surface area contributed by atoms with Crippen LogP contribution in [0.3, 0.4) is 0 Å². The molecule has 0 saturated carbocycles. The van der Waals surface area contributed by atoms with Crippen molar-refractivity contribution in [2.45, 2.75) is 20.0 Å². The SMILES string of the molecule is CSc1nnc(Sc2ccc(Cl)cc2CCN)s1. The van der Waals surface area contributed by atoms with Crippen LogP contribution in [0.5, 0.6) is 0 Å². The first-order chi connectivity index (χ1) is 8.72. The zero-order valence-corrected chi connectivity index (χ0v) is 12.9. The van der Waals surface area contributed by atoms with Crippen LogP contribution < -0.4 is 5.73 Å². The van der Waals surface area contributed by atoms with Crippen molar-refractivity contribution in [3.8, 4) is 0 Å². The van der Waals surface area contributed by atoms with Gasteiger partial charge in [0.25, 0.3) is 0 Å². The Bertz CT molecular complexity index is 530. The fraction of sp³-hybridized carbons (Fsp3) is 0.273.